The van der Waals surface area contributed by atoms with Gasteiger partial charge in [0, 0.05) is 6.42 Å². The molecule has 2 aromatic carbocycles. The maximum absolute atomic E-state index is 12.3. The van der Waals surface area contributed by atoms with Gasteiger partial charge in [-0.1, -0.05) is 25.5 Å². The van der Waals surface area contributed by atoms with Gasteiger partial charge < -0.3 is 14.2 Å². The highest BCUT2D eigenvalue weighted by molar-refractivity contribution is 5.69. The number of carbonyl (C=O) groups is 1. The van der Waals surface area contributed by atoms with Crippen molar-refractivity contribution in [2.45, 2.75) is 39.5 Å². The summed E-state index contributed by atoms with van der Waals surface area (Å²) >= 11 is 0. The minimum Gasteiger partial charge on any atom is -0.490 e. The van der Waals surface area contributed by atoms with E-state index < -0.39 is 12.0 Å². The van der Waals surface area contributed by atoms with E-state index in [1.165, 1.54) is 12.5 Å². The van der Waals surface area contributed by atoms with Crippen LogP contribution in [0.5, 0.6) is 17.2 Å². The predicted octanol–water partition coefficient (Wildman–Crippen LogP) is 6.30. The van der Waals surface area contributed by atoms with Gasteiger partial charge in [0.2, 0.25) is 0 Å². The van der Waals surface area contributed by atoms with E-state index in [1.807, 2.05) is 18.2 Å². The molecule has 6 heteroatoms. The van der Waals surface area contributed by atoms with E-state index in [-0.39, 0.29) is 31.6 Å². The lowest BCUT2D eigenvalue weighted by molar-refractivity contribution is -0.144. The molecule has 0 heterocycles. The summed E-state index contributed by atoms with van der Waals surface area (Å²) in [6.45, 7) is 3.67. The molecule has 0 saturated carbocycles. The molecule has 2 rings (SSSR count). The van der Waals surface area contributed by atoms with Crippen LogP contribution in [0.25, 0.3) is 0 Å². The third-order valence-corrected chi connectivity index (χ3v) is 4.14. The van der Waals surface area contributed by atoms with E-state index >= 15 is 0 Å². The molecule has 0 aliphatic carbocycles. The molecule has 0 aliphatic rings. The summed E-state index contributed by atoms with van der Waals surface area (Å²) < 4.78 is 40.9. The second kappa shape index (κ2) is 11.8. The minimum absolute atomic E-state index is 0.00909. The van der Waals surface area contributed by atoms with Gasteiger partial charge in [-0.05, 0) is 67.3 Å². The number of allylic oxidation sites excluding steroid dienone is 1. The summed E-state index contributed by atoms with van der Waals surface area (Å²) in [5.41, 5.74) is 1.14. The molecule has 0 spiro atoms. The molecule has 0 saturated heterocycles. The van der Waals surface area contributed by atoms with Crippen molar-refractivity contribution in [2.75, 3.05) is 13.2 Å². The van der Waals surface area contributed by atoms with E-state index in [2.05, 4.69) is 13.0 Å². The predicted molar refractivity (Wildman–Crippen MR) is 108 cm³/mol. The molecule has 0 aromatic heterocycles. The lowest BCUT2D eigenvalue weighted by Crippen LogP contribution is -2.12. The molecule has 156 valence electrons. The van der Waals surface area contributed by atoms with Crippen LogP contribution in [-0.2, 0) is 16.0 Å². The second-order valence-corrected chi connectivity index (χ2v) is 6.58. The molecule has 0 unspecified atom stereocenters. The summed E-state index contributed by atoms with van der Waals surface area (Å²) in [5, 5.41) is 0. The van der Waals surface area contributed by atoms with Gasteiger partial charge in [0.25, 0.3) is 6.08 Å². The van der Waals surface area contributed by atoms with Crippen molar-refractivity contribution in [3.05, 3.63) is 65.7 Å². The maximum atomic E-state index is 12.3. The van der Waals surface area contributed by atoms with Crippen LogP contribution in [0.4, 0.5) is 8.78 Å². The summed E-state index contributed by atoms with van der Waals surface area (Å²) in [4.78, 5) is 11.5. The smallest absolute Gasteiger partial charge is 0.306 e. The summed E-state index contributed by atoms with van der Waals surface area (Å²) in [6.07, 6.45) is 0.261. The standard InChI is InChI=1S/C23H26F2O4/c1-3-5-18-6-4-7-21(16-18)29-20-11-9-19(10-12-20)27-14-15-28-22(26)13-8-17(2)23(24)25/h4,6-7,9-12,16H,3,5,8,13-15H2,1-2H3. The molecule has 0 radical (unpaired) electrons. The molecule has 0 fully saturated rings. The van der Waals surface area contributed by atoms with Gasteiger partial charge in [-0.3, -0.25) is 4.79 Å². The lowest BCUT2D eigenvalue weighted by Gasteiger charge is -2.10. The number of halogens is 2. The molecule has 0 bridgehead atoms. The van der Waals surface area contributed by atoms with Crippen molar-refractivity contribution in [1.29, 1.82) is 0 Å². The Morgan fingerprint density at radius 3 is 2.34 bits per heavy atom. The lowest BCUT2D eigenvalue weighted by atomic mass is 10.1. The number of rotatable bonds is 11. The third kappa shape index (κ3) is 8.34. The first kappa shape index (κ1) is 22.4. The Bertz CT molecular complexity index is 812. The van der Waals surface area contributed by atoms with Gasteiger partial charge in [-0.25, -0.2) is 0 Å². The van der Waals surface area contributed by atoms with Gasteiger partial charge in [0.15, 0.2) is 0 Å². The number of esters is 1. The number of aryl methyl sites for hydroxylation is 1. The Morgan fingerprint density at radius 1 is 0.931 bits per heavy atom. The zero-order valence-electron chi connectivity index (χ0n) is 16.8. The first-order valence-electron chi connectivity index (χ1n) is 9.64. The number of hydrogen-bond acceptors (Lipinski definition) is 4. The van der Waals surface area contributed by atoms with Crippen molar-refractivity contribution in [3.63, 3.8) is 0 Å². The molecule has 0 N–H and O–H groups in total. The number of hydrogen-bond donors (Lipinski definition) is 0. The van der Waals surface area contributed by atoms with Crippen LogP contribution in [-0.4, -0.2) is 19.2 Å². The fraction of sp³-hybridized carbons (Fsp3) is 0.348. The van der Waals surface area contributed by atoms with E-state index in [0.717, 1.165) is 18.6 Å². The second-order valence-electron chi connectivity index (χ2n) is 6.58. The molecule has 29 heavy (non-hydrogen) atoms. The quantitative estimate of drug-likeness (QED) is 0.325. The SMILES string of the molecule is CCCc1cccc(Oc2ccc(OCCOC(=O)CCC(C)=C(F)F)cc2)c1. The number of benzene rings is 2. The van der Waals surface area contributed by atoms with Gasteiger partial charge in [0.05, 0.1) is 0 Å². The van der Waals surface area contributed by atoms with Crippen LogP contribution in [0.2, 0.25) is 0 Å². The van der Waals surface area contributed by atoms with E-state index in [9.17, 15) is 13.6 Å². The largest absolute Gasteiger partial charge is 0.490 e. The Morgan fingerprint density at radius 2 is 1.66 bits per heavy atom. The average molecular weight is 404 g/mol. The Labute approximate surface area is 170 Å². The first-order valence-corrected chi connectivity index (χ1v) is 9.64. The minimum atomic E-state index is -1.75. The van der Waals surface area contributed by atoms with Gasteiger partial charge in [-0.15, -0.1) is 0 Å². The van der Waals surface area contributed by atoms with E-state index in [4.69, 9.17) is 14.2 Å². The molecule has 0 amide bonds. The molecule has 2 aromatic rings. The molecular weight excluding hydrogens is 378 g/mol. The van der Waals surface area contributed by atoms with Crippen LogP contribution < -0.4 is 9.47 Å². The molecule has 0 aliphatic heterocycles. The van der Waals surface area contributed by atoms with Crippen LogP contribution in [0.3, 0.4) is 0 Å². The molecule has 0 atom stereocenters. The zero-order valence-corrected chi connectivity index (χ0v) is 16.8. The van der Waals surface area contributed by atoms with Gasteiger partial charge >= 0.3 is 5.97 Å². The Hall–Kier alpha value is -2.89. The molecule has 4 nitrogen and oxygen atoms in total. The van der Waals surface area contributed by atoms with Crippen LogP contribution in [0, 0.1) is 0 Å². The van der Waals surface area contributed by atoms with Crippen LogP contribution in [0.1, 0.15) is 38.7 Å². The van der Waals surface area contributed by atoms with Crippen LogP contribution >= 0.6 is 0 Å². The Balaban J connectivity index is 1.72. The number of carbonyl (C=O) groups excluding carboxylic acids is 1. The topological polar surface area (TPSA) is 44.8 Å². The van der Waals surface area contributed by atoms with Crippen molar-refractivity contribution >= 4 is 5.97 Å². The van der Waals surface area contributed by atoms with Crippen molar-refractivity contribution < 1.29 is 27.8 Å². The highest BCUT2D eigenvalue weighted by Gasteiger charge is 2.07. The molecular formula is C23H26F2O4. The fourth-order valence-electron chi connectivity index (χ4n) is 2.56. The highest BCUT2D eigenvalue weighted by atomic mass is 19.3. The summed E-state index contributed by atoms with van der Waals surface area (Å²) in [6, 6.07) is 15.1. The summed E-state index contributed by atoms with van der Waals surface area (Å²) in [7, 11) is 0. The zero-order chi connectivity index (χ0) is 21.1. The third-order valence-electron chi connectivity index (χ3n) is 4.14. The first-order chi connectivity index (χ1) is 14.0. The average Bonchev–Trinajstić information content (AvgIpc) is 2.71. The van der Waals surface area contributed by atoms with Crippen molar-refractivity contribution in [2.24, 2.45) is 0 Å². The van der Waals surface area contributed by atoms with E-state index in [1.54, 1.807) is 24.3 Å². The number of ether oxygens (including phenoxy) is 3. The fourth-order valence-corrected chi connectivity index (χ4v) is 2.56. The maximum Gasteiger partial charge on any atom is 0.306 e. The van der Waals surface area contributed by atoms with Gasteiger partial charge in [-0.2, -0.15) is 8.78 Å². The van der Waals surface area contributed by atoms with Crippen molar-refractivity contribution in [3.8, 4) is 17.2 Å². The normalized spacial score (nSPS) is 10.3. The van der Waals surface area contributed by atoms with Crippen molar-refractivity contribution in [1.82, 2.24) is 0 Å². The highest BCUT2D eigenvalue weighted by Crippen LogP contribution is 2.25. The van der Waals surface area contributed by atoms with E-state index in [0.29, 0.717) is 11.5 Å². The summed E-state index contributed by atoms with van der Waals surface area (Å²) in [5.74, 6) is 1.57. The monoisotopic (exact) mass is 404 g/mol. The van der Waals surface area contributed by atoms with Gasteiger partial charge in [0.1, 0.15) is 30.5 Å². The Kier molecular flexibility index (Phi) is 9.15. The van der Waals surface area contributed by atoms with Crippen LogP contribution in [0.15, 0.2) is 60.2 Å².